The van der Waals surface area contributed by atoms with Crippen molar-refractivity contribution >= 4 is 0 Å². The number of nitrogens with zero attached hydrogens (tertiary/aromatic N) is 1. The van der Waals surface area contributed by atoms with Crippen molar-refractivity contribution in [3.63, 3.8) is 0 Å². The van der Waals surface area contributed by atoms with Crippen LogP contribution in [0.25, 0.3) is 0 Å². The molecular weight excluding hydrogens is 208 g/mol. The van der Waals surface area contributed by atoms with Crippen molar-refractivity contribution in [1.82, 2.24) is 4.90 Å². The van der Waals surface area contributed by atoms with Gasteiger partial charge < -0.3 is 10.6 Å². The zero-order chi connectivity index (χ0) is 12.8. The van der Waals surface area contributed by atoms with E-state index < -0.39 is 0 Å². The molecule has 102 valence electrons. The first kappa shape index (κ1) is 15.0. The Morgan fingerprint density at radius 1 is 1.24 bits per heavy atom. The molecule has 4 atom stereocenters. The number of hydrogen-bond donors (Lipinski definition) is 1. The predicted octanol–water partition coefficient (Wildman–Crippen LogP) is 3.26. The van der Waals surface area contributed by atoms with Crippen LogP contribution >= 0.6 is 0 Å². The minimum absolute atomic E-state index is 0.441. The minimum Gasteiger partial charge on any atom is -0.327 e. The van der Waals surface area contributed by atoms with Gasteiger partial charge >= 0.3 is 0 Å². The average Bonchev–Trinajstić information content (AvgIpc) is 2.36. The maximum absolute atomic E-state index is 6.31. The fourth-order valence-electron chi connectivity index (χ4n) is 3.15. The van der Waals surface area contributed by atoms with E-state index in [-0.39, 0.29) is 0 Å². The van der Waals surface area contributed by atoms with Crippen LogP contribution in [-0.4, -0.2) is 30.1 Å². The molecule has 0 aromatic rings. The summed E-state index contributed by atoms with van der Waals surface area (Å²) < 4.78 is 0. The van der Waals surface area contributed by atoms with Crippen LogP contribution in [0, 0.1) is 11.8 Å². The lowest BCUT2D eigenvalue weighted by Gasteiger charge is -2.38. The second-order valence-electron chi connectivity index (χ2n) is 5.86. The molecule has 0 bridgehead atoms. The lowest BCUT2D eigenvalue weighted by Crippen LogP contribution is -2.45. The molecule has 1 rings (SSSR count). The van der Waals surface area contributed by atoms with Crippen molar-refractivity contribution in [3.8, 4) is 0 Å². The molecule has 2 N–H and O–H groups in total. The first-order chi connectivity index (χ1) is 8.12. The molecule has 0 aliphatic heterocycles. The Bertz CT molecular complexity index is 205. The highest BCUT2D eigenvalue weighted by Crippen LogP contribution is 2.31. The molecule has 0 saturated heterocycles. The smallest absolute Gasteiger partial charge is 0.00795 e. The van der Waals surface area contributed by atoms with Gasteiger partial charge in [0.25, 0.3) is 0 Å². The number of hydrogen-bond acceptors (Lipinski definition) is 2. The second-order valence-corrected chi connectivity index (χ2v) is 5.86. The van der Waals surface area contributed by atoms with E-state index in [1.807, 2.05) is 0 Å². The second kappa shape index (κ2) is 7.38. The molecule has 0 radical (unpaired) electrons. The zero-order valence-electron chi connectivity index (χ0n) is 12.3. The molecule has 1 saturated carbocycles. The molecule has 0 amide bonds. The largest absolute Gasteiger partial charge is 0.327 e. The van der Waals surface area contributed by atoms with Gasteiger partial charge in [-0.2, -0.15) is 0 Å². The Hall–Kier alpha value is -0.0800. The monoisotopic (exact) mass is 240 g/mol. The van der Waals surface area contributed by atoms with E-state index in [0.29, 0.717) is 12.1 Å². The van der Waals surface area contributed by atoms with Gasteiger partial charge in [-0.3, -0.25) is 0 Å². The SMILES string of the molecule is CCC1CCC(N)C(CN(CC)C(C)CC)C1. The maximum atomic E-state index is 6.31. The number of rotatable bonds is 6. The third kappa shape index (κ3) is 4.26. The van der Waals surface area contributed by atoms with Crippen molar-refractivity contribution in [2.24, 2.45) is 17.6 Å². The van der Waals surface area contributed by atoms with Gasteiger partial charge in [-0.05, 0) is 51.0 Å². The molecular formula is C15H32N2. The van der Waals surface area contributed by atoms with Gasteiger partial charge in [0.1, 0.15) is 0 Å². The van der Waals surface area contributed by atoms with E-state index in [1.54, 1.807) is 0 Å². The molecule has 0 spiro atoms. The Kier molecular flexibility index (Phi) is 6.50. The van der Waals surface area contributed by atoms with E-state index >= 15 is 0 Å². The van der Waals surface area contributed by atoms with E-state index in [4.69, 9.17) is 5.73 Å². The Labute approximate surface area is 108 Å². The van der Waals surface area contributed by atoms with E-state index in [2.05, 4.69) is 32.6 Å². The first-order valence-electron chi connectivity index (χ1n) is 7.61. The fraction of sp³-hybridized carbons (Fsp3) is 1.00. The molecule has 1 fully saturated rings. The summed E-state index contributed by atoms with van der Waals surface area (Å²) >= 11 is 0. The molecule has 2 heteroatoms. The summed E-state index contributed by atoms with van der Waals surface area (Å²) in [5, 5.41) is 0. The minimum atomic E-state index is 0.441. The molecule has 17 heavy (non-hydrogen) atoms. The summed E-state index contributed by atoms with van der Waals surface area (Å²) in [6, 6.07) is 1.14. The zero-order valence-corrected chi connectivity index (χ0v) is 12.3. The van der Waals surface area contributed by atoms with Crippen molar-refractivity contribution in [2.45, 2.75) is 71.9 Å². The molecule has 1 aliphatic rings. The molecule has 1 aliphatic carbocycles. The van der Waals surface area contributed by atoms with E-state index in [0.717, 1.165) is 18.4 Å². The quantitative estimate of drug-likeness (QED) is 0.772. The van der Waals surface area contributed by atoms with Crippen molar-refractivity contribution in [2.75, 3.05) is 13.1 Å². The molecule has 0 heterocycles. The van der Waals surface area contributed by atoms with Gasteiger partial charge in [-0.15, -0.1) is 0 Å². The normalized spacial score (nSPS) is 31.8. The van der Waals surface area contributed by atoms with Crippen LogP contribution in [0.3, 0.4) is 0 Å². The Balaban J connectivity index is 2.51. The lowest BCUT2D eigenvalue weighted by atomic mass is 9.77. The molecule has 0 aromatic heterocycles. The van der Waals surface area contributed by atoms with Gasteiger partial charge in [0.2, 0.25) is 0 Å². The van der Waals surface area contributed by atoms with Crippen LogP contribution < -0.4 is 5.73 Å². The third-order valence-corrected chi connectivity index (χ3v) is 4.82. The van der Waals surface area contributed by atoms with Crippen molar-refractivity contribution in [1.29, 1.82) is 0 Å². The van der Waals surface area contributed by atoms with Crippen molar-refractivity contribution in [3.05, 3.63) is 0 Å². The van der Waals surface area contributed by atoms with Gasteiger partial charge in [0, 0.05) is 18.6 Å². The van der Waals surface area contributed by atoms with Gasteiger partial charge in [0.05, 0.1) is 0 Å². The molecule has 2 nitrogen and oxygen atoms in total. The molecule has 4 unspecified atom stereocenters. The summed E-state index contributed by atoms with van der Waals surface area (Å²) in [5.41, 5.74) is 6.31. The summed E-state index contributed by atoms with van der Waals surface area (Å²) in [6.07, 6.45) is 6.52. The highest BCUT2D eigenvalue weighted by molar-refractivity contribution is 4.84. The first-order valence-corrected chi connectivity index (χ1v) is 7.61. The summed E-state index contributed by atoms with van der Waals surface area (Å²) in [5.74, 6) is 1.65. The average molecular weight is 240 g/mol. The third-order valence-electron chi connectivity index (χ3n) is 4.82. The standard InChI is InChI=1S/C15H32N2/c1-5-12(4)17(7-3)11-14-10-13(6-2)8-9-15(14)16/h12-15H,5-11,16H2,1-4H3. The van der Waals surface area contributed by atoms with Gasteiger partial charge in [-0.1, -0.05) is 27.2 Å². The van der Waals surface area contributed by atoms with Crippen LogP contribution in [0.4, 0.5) is 0 Å². The predicted molar refractivity (Wildman–Crippen MR) is 76.1 cm³/mol. The summed E-state index contributed by atoms with van der Waals surface area (Å²) in [7, 11) is 0. The number of nitrogens with two attached hydrogens (primary N) is 1. The Morgan fingerprint density at radius 2 is 1.94 bits per heavy atom. The highest BCUT2D eigenvalue weighted by Gasteiger charge is 2.29. The van der Waals surface area contributed by atoms with Crippen LogP contribution in [-0.2, 0) is 0 Å². The topological polar surface area (TPSA) is 29.3 Å². The van der Waals surface area contributed by atoms with Crippen molar-refractivity contribution < 1.29 is 0 Å². The maximum Gasteiger partial charge on any atom is 0.00795 e. The lowest BCUT2D eigenvalue weighted by molar-refractivity contribution is 0.129. The fourth-order valence-corrected chi connectivity index (χ4v) is 3.15. The van der Waals surface area contributed by atoms with Crippen LogP contribution in [0.2, 0.25) is 0 Å². The Morgan fingerprint density at radius 3 is 2.47 bits per heavy atom. The van der Waals surface area contributed by atoms with Crippen LogP contribution in [0.15, 0.2) is 0 Å². The summed E-state index contributed by atoms with van der Waals surface area (Å²) in [4.78, 5) is 2.61. The van der Waals surface area contributed by atoms with E-state index in [1.165, 1.54) is 38.6 Å². The van der Waals surface area contributed by atoms with Gasteiger partial charge in [0.15, 0.2) is 0 Å². The van der Waals surface area contributed by atoms with Gasteiger partial charge in [-0.25, -0.2) is 0 Å². The molecule has 0 aromatic carbocycles. The van der Waals surface area contributed by atoms with Crippen LogP contribution in [0.1, 0.15) is 59.8 Å². The highest BCUT2D eigenvalue weighted by atomic mass is 15.1. The van der Waals surface area contributed by atoms with Crippen LogP contribution in [0.5, 0.6) is 0 Å². The summed E-state index contributed by atoms with van der Waals surface area (Å²) in [6.45, 7) is 11.6. The van der Waals surface area contributed by atoms with E-state index in [9.17, 15) is 0 Å².